The highest BCUT2D eigenvalue weighted by molar-refractivity contribution is 8.32. The van der Waals surface area contributed by atoms with Gasteiger partial charge in [-0.2, -0.15) is 0 Å². The zero-order chi connectivity index (χ0) is 68.7. The van der Waals surface area contributed by atoms with E-state index >= 15 is 0 Å². The van der Waals surface area contributed by atoms with Crippen LogP contribution in [0.2, 0.25) is 0 Å². The summed E-state index contributed by atoms with van der Waals surface area (Å²) in [6.07, 6.45) is 17.2. The summed E-state index contributed by atoms with van der Waals surface area (Å²) >= 11 is 1.75. The summed E-state index contributed by atoms with van der Waals surface area (Å²) in [4.78, 5) is 5.09. The van der Waals surface area contributed by atoms with Gasteiger partial charge in [-0.1, -0.05) is 301 Å². The van der Waals surface area contributed by atoms with Crippen molar-refractivity contribution in [1.82, 2.24) is 0 Å². The molecule has 0 amide bonds. The molecule has 14 aromatic rings. The standard InChI is InChI=1S/C66H49NS.C16H18.C10H16S.C3H8/c1-5-11-45(6-2)48-29-31-57(32-30-48)67(58-33-36-60(68-4)37-34-58)59-35-39-62-64(43-59)66(52-25-19-50(20-26-52)56-28-22-47-13-8-10-15-54(47)42-56)61-38-16-44(3)40-63(61)65(62)51-23-17-49(18-24-51)55-27-21-46-12-7-9-14-53(46)41-55;1-3-13(2)14-9-11-16(12-10-14)15-7-5-4-6-8-15;1-9-5-7-10(8-6-9)11(2,3)4;1-3-2/h5-43H,1-2H2,3-4H3;4-13H,3H2,1-2H3;5-8H,1-4H3;3H2,1-2H3/b45-11+;;;. The zero-order valence-electron chi connectivity index (χ0n) is 58.7. The van der Waals surface area contributed by atoms with Crippen molar-refractivity contribution >= 4 is 87.5 Å². The SMILES string of the molecule is C=C/C=C(\C=C)c1ccc(N(c2ccc(SC)cc2)c2ccc3c(-c4ccc(-c5ccc6ccccc6c5)cc4)c4cc(C)ccc4c(-c4ccc(-c5ccc6ccccc6c5)cc4)c3c2)cc1.CCC.CCC(C)c1ccc(-c2ccccc2)cc1.Cc1ccc(S(C)(C)C)cc1. The van der Waals surface area contributed by atoms with E-state index in [-0.39, 0.29) is 0 Å². The molecule has 0 aliphatic rings. The highest BCUT2D eigenvalue weighted by atomic mass is 32.3. The number of allylic oxidation sites excluding steroid dienone is 4. The Bertz CT molecular complexity index is 5040. The van der Waals surface area contributed by atoms with Gasteiger partial charge in [0.1, 0.15) is 0 Å². The van der Waals surface area contributed by atoms with Crippen LogP contribution in [0.15, 0.2) is 338 Å². The molecule has 0 spiro atoms. The summed E-state index contributed by atoms with van der Waals surface area (Å²) < 4.78 is 0. The predicted octanol–water partition coefficient (Wildman–Crippen LogP) is 28.6. The molecular weight excluding hydrogens is 1220 g/mol. The van der Waals surface area contributed by atoms with Crippen molar-refractivity contribution in [3.63, 3.8) is 0 Å². The Balaban J connectivity index is 0.000000266. The maximum absolute atomic E-state index is 4.07. The van der Waals surface area contributed by atoms with Gasteiger partial charge in [0, 0.05) is 22.0 Å². The van der Waals surface area contributed by atoms with Gasteiger partial charge in [-0.25, -0.2) is 10.0 Å². The highest BCUT2D eigenvalue weighted by Gasteiger charge is 2.21. The van der Waals surface area contributed by atoms with Gasteiger partial charge in [0.15, 0.2) is 0 Å². The van der Waals surface area contributed by atoms with E-state index in [4.69, 9.17) is 0 Å². The Morgan fingerprint density at radius 2 is 0.827 bits per heavy atom. The first-order valence-corrected chi connectivity index (χ1v) is 38.4. The first-order valence-electron chi connectivity index (χ1n) is 34.3. The van der Waals surface area contributed by atoms with E-state index in [2.05, 4.69) is 382 Å². The minimum Gasteiger partial charge on any atom is -0.310 e. The number of thioether (sulfide) groups is 1. The maximum atomic E-state index is 4.07. The monoisotopic (exact) mass is 1310 g/mol. The van der Waals surface area contributed by atoms with Crippen LogP contribution in [0.25, 0.3) is 104 Å². The molecular formula is C95H91NS2. The molecule has 0 bridgehead atoms. The topological polar surface area (TPSA) is 3.24 Å². The fourth-order valence-corrected chi connectivity index (χ4v) is 14.1. The van der Waals surface area contributed by atoms with Crippen LogP contribution >= 0.6 is 21.8 Å². The minimum atomic E-state index is -0.520. The van der Waals surface area contributed by atoms with Crippen molar-refractivity contribution in [3.8, 4) is 55.6 Å². The van der Waals surface area contributed by atoms with Crippen molar-refractivity contribution in [3.05, 3.63) is 351 Å². The quantitative estimate of drug-likeness (QED) is 0.0572. The summed E-state index contributed by atoms with van der Waals surface area (Å²) in [7, 11) is -0.520. The van der Waals surface area contributed by atoms with E-state index in [0.29, 0.717) is 5.92 Å². The third-order valence-electron chi connectivity index (χ3n) is 18.3. The van der Waals surface area contributed by atoms with Gasteiger partial charge in [0.2, 0.25) is 0 Å². The first-order chi connectivity index (χ1) is 47.7. The van der Waals surface area contributed by atoms with Gasteiger partial charge >= 0.3 is 0 Å². The van der Waals surface area contributed by atoms with Crippen molar-refractivity contribution in [2.45, 2.75) is 70.1 Å². The van der Waals surface area contributed by atoms with Crippen LogP contribution < -0.4 is 4.90 Å². The second kappa shape index (κ2) is 32.3. The summed E-state index contributed by atoms with van der Waals surface area (Å²) in [6, 6.07) is 109. The Morgan fingerprint density at radius 1 is 0.408 bits per heavy atom. The van der Waals surface area contributed by atoms with Crippen LogP contribution in [0.3, 0.4) is 0 Å². The average Bonchev–Trinajstić information content (AvgIpc) is 0.726. The molecule has 98 heavy (non-hydrogen) atoms. The summed E-state index contributed by atoms with van der Waals surface area (Å²) in [6.45, 7) is 21.1. The van der Waals surface area contributed by atoms with Crippen LogP contribution in [0.1, 0.15) is 68.7 Å². The van der Waals surface area contributed by atoms with Crippen LogP contribution in [0, 0.1) is 13.8 Å². The Labute approximate surface area is 589 Å². The molecule has 0 saturated heterocycles. The van der Waals surface area contributed by atoms with Gasteiger partial charge < -0.3 is 4.90 Å². The van der Waals surface area contributed by atoms with E-state index in [0.717, 1.165) is 28.2 Å². The molecule has 0 fully saturated rings. The number of aryl methyl sites for hydroxylation is 2. The Kier molecular flexibility index (Phi) is 22.8. The van der Waals surface area contributed by atoms with Crippen molar-refractivity contribution in [2.24, 2.45) is 0 Å². The largest absolute Gasteiger partial charge is 0.310 e. The molecule has 0 radical (unpaired) electrons. The van der Waals surface area contributed by atoms with Crippen LogP contribution in [0.5, 0.6) is 0 Å². The molecule has 0 aliphatic carbocycles. The molecule has 0 aromatic heterocycles. The van der Waals surface area contributed by atoms with E-state index in [9.17, 15) is 0 Å². The van der Waals surface area contributed by atoms with E-state index in [1.807, 2.05) is 18.2 Å². The maximum Gasteiger partial charge on any atom is 0.0468 e. The number of hydrogen-bond acceptors (Lipinski definition) is 2. The number of rotatable bonds is 15. The summed E-state index contributed by atoms with van der Waals surface area (Å²) in [5, 5.41) is 9.84. The fourth-order valence-electron chi connectivity index (χ4n) is 12.7. The highest BCUT2D eigenvalue weighted by Crippen LogP contribution is 2.48. The lowest BCUT2D eigenvalue weighted by molar-refractivity contribution is 0.734. The lowest BCUT2D eigenvalue weighted by Gasteiger charge is -2.27. The lowest BCUT2D eigenvalue weighted by atomic mass is 9.84. The zero-order valence-corrected chi connectivity index (χ0v) is 60.3. The first kappa shape index (κ1) is 69.2. The number of anilines is 3. The van der Waals surface area contributed by atoms with E-state index in [1.54, 1.807) is 11.8 Å². The normalized spacial score (nSPS) is 11.8. The van der Waals surface area contributed by atoms with Crippen molar-refractivity contribution in [1.29, 1.82) is 0 Å². The molecule has 3 heteroatoms. The van der Waals surface area contributed by atoms with E-state index < -0.39 is 10.0 Å². The molecule has 0 saturated carbocycles. The van der Waals surface area contributed by atoms with Crippen LogP contribution in [-0.4, -0.2) is 25.0 Å². The lowest BCUT2D eigenvalue weighted by Crippen LogP contribution is -2.10. The third kappa shape index (κ3) is 16.3. The third-order valence-corrected chi connectivity index (χ3v) is 20.7. The van der Waals surface area contributed by atoms with Gasteiger partial charge in [0.05, 0.1) is 0 Å². The molecule has 0 aliphatic heterocycles. The van der Waals surface area contributed by atoms with Crippen molar-refractivity contribution in [2.75, 3.05) is 29.9 Å². The van der Waals surface area contributed by atoms with E-state index in [1.165, 1.54) is 138 Å². The van der Waals surface area contributed by atoms with Gasteiger partial charge in [-0.05, 0) is 244 Å². The minimum absolute atomic E-state index is 0.520. The molecule has 0 N–H and O–H groups in total. The second-order valence-corrected chi connectivity index (χ2v) is 31.1. The molecule has 14 rings (SSSR count). The smallest absolute Gasteiger partial charge is 0.0468 e. The van der Waals surface area contributed by atoms with Crippen LogP contribution in [0.4, 0.5) is 17.1 Å². The average molecular weight is 1310 g/mol. The molecule has 1 atom stereocenters. The second-order valence-electron chi connectivity index (χ2n) is 26.1. The van der Waals surface area contributed by atoms with Crippen LogP contribution in [-0.2, 0) is 0 Å². The number of fused-ring (bicyclic) bond motifs is 4. The van der Waals surface area contributed by atoms with Gasteiger partial charge in [-0.3, -0.25) is 0 Å². The number of hydrogen-bond donors (Lipinski definition) is 0. The Hall–Kier alpha value is -10.2. The van der Waals surface area contributed by atoms with Gasteiger partial charge in [0.25, 0.3) is 0 Å². The number of nitrogens with zero attached hydrogens (tertiary/aromatic N) is 1. The fraction of sp³-hybridized carbons (Fsp3) is 0.137. The summed E-state index contributed by atoms with van der Waals surface area (Å²) in [5.74, 6) is 0.657. The molecule has 1 nitrogen and oxygen atoms in total. The number of benzene rings is 14. The molecule has 488 valence electrons. The van der Waals surface area contributed by atoms with Gasteiger partial charge in [-0.15, -0.1) is 11.8 Å². The Morgan fingerprint density at radius 3 is 1.32 bits per heavy atom. The molecule has 14 aromatic carbocycles. The molecule has 0 heterocycles. The molecule has 1 unspecified atom stereocenters. The predicted molar refractivity (Wildman–Crippen MR) is 439 cm³/mol. The van der Waals surface area contributed by atoms with Crippen molar-refractivity contribution < 1.29 is 0 Å². The summed E-state index contributed by atoms with van der Waals surface area (Å²) in [5.41, 5.74) is 21.6.